The third-order valence-corrected chi connectivity index (χ3v) is 4.54. The van der Waals surface area contributed by atoms with Gasteiger partial charge in [-0.05, 0) is 24.3 Å². The first-order chi connectivity index (χ1) is 13.7. The molecule has 0 radical (unpaired) electrons. The second kappa shape index (κ2) is 7.25. The molecule has 0 atom stereocenters. The van der Waals surface area contributed by atoms with Crippen molar-refractivity contribution in [1.29, 1.82) is 0 Å². The predicted molar refractivity (Wildman–Crippen MR) is 81.9 cm³/mol. The second-order valence-corrected chi connectivity index (χ2v) is 6.91. The van der Waals surface area contributed by atoms with Crippen LogP contribution in [0.4, 0.5) is 52.7 Å². The molecule has 1 heterocycles. The van der Waals surface area contributed by atoms with Crippen molar-refractivity contribution in [3.05, 3.63) is 34.3 Å². The third kappa shape index (κ3) is 3.96. The summed E-state index contributed by atoms with van der Waals surface area (Å²) in [5, 5.41) is 0.379. The highest BCUT2D eigenvalue weighted by molar-refractivity contribution is 9.10. The van der Waals surface area contributed by atoms with Gasteiger partial charge in [0.15, 0.2) is 0 Å². The normalized spacial score (nSPS) is 19.2. The first-order valence-corrected chi connectivity index (χ1v) is 8.22. The molecular formula is C14H6BrF12N3O. The van der Waals surface area contributed by atoms with Crippen molar-refractivity contribution < 1.29 is 57.5 Å². The summed E-state index contributed by atoms with van der Waals surface area (Å²) in [5.41, 5.74) is -12.7. The number of hydrogen-bond donors (Lipinski definition) is 2. The molecule has 1 amide bonds. The Bertz CT molecular complexity index is 854. The van der Waals surface area contributed by atoms with E-state index in [0.717, 1.165) is 29.6 Å². The van der Waals surface area contributed by atoms with Crippen molar-refractivity contribution in [3.8, 4) is 0 Å². The van der Waals surface area contributed by atoms with E-state index in [1.165, 1.54) is 0 Å². The Kier molecular flexibility index (Phi) is 5.90. The fourth-order valence-corrected chi connectivity index (χ4v) is 2.78. The van der Waals surface area contributed by atoms with Gasteiger partial charge in [-0.3, -0.25) is 4.79 Å². The van der Waals surface area contributed by atoms with Crippen molar-refractivity contribution in [2.45, 2.75) is 35.9 Å². The van der Waals surface area contributed by atoms with Gasteiger partial charge in [0.05, 0.1) is 0 Å². The fourth-order valence-electron chi connectivity index (χ4n) is 2.51. The number of hydrogen-bond acceptors (Lipinski definition) is 3. The molecular weight excluding hydrogens is 534 g/mol. The van der Waals surface area contributed by atoms with E-state index in [-0.39, 0.29) is 4.47 Å². The zero-order valence-electron chi connectivity index (χ0n) is 14.1. The highest BCUT2D eigenvalue weighted by Crippen LogP contribution is 2.55. The number of amides is 1. The summed E-state index contributed by atoms with van der Waals surface area (Å²) in [6.07, 6.45) is -27.3. The molecule has 0 bridgehead atoms. The fraction of sp³-hybridized carbons (Fsp3) is 0.429. The standard InChI is InChI=1S/C14H6BrF12N3O/c15-6-3-1-5(2-4-6)7(31)28-8-9(11(16,17)18,12(19,20)21)30-10(29-8,13(22,23)24)14(25,26)27/h1-4,30H,(H,28,29,31). The summed E-state index contributed by atoms with van der Waals surface area (Å²) in [7, 11) is 0. The number of alkyl halides is 12. The number of aliphatic imine (C=N–C) groups is 1. The van der Waals surface area contributed by atoms with Crippen LogP contribution in [-0.2, 0) is 0 Å². The SMILES string of the molecule is O=C(NC1=NC(C(F)(F)F)(C(F)(F)F)NC1(C(F)(F)F)C(F)(F)F)c1ccc(Br)cc1. The average Bonchev–Trinajstić information content (AvgIpc) is 2.92. The Morgan fingerprint density at radius 2 is 1.23 bits per heavy atom. The maximum Gasteiger partial charge on any atom is 0.436 e. The number of benzene rings is 1. The van der Waals surface area contributed by atoms with Crippen LogP contribution in [0.15, 0.2) is 33.7 Å². The van der Waals surface area contributed by atoms with E-state index in [4.69, 9.17) is 0 Å². The molecule has 17 heteroatoms. The van der Waals surface area contributed by atoms with Gasteiger partial charge in [-0.2, -0.15) is 52.7 Å². The van der Waals surface area contributed by atoms with Gasteiger partial charge in [-0.25, -0.2) is 10.3 Å². The van der Waals surface area contributed by atoms with Crippen LogP contribution < -0.4 is 10.6 Å². The molecule has 4 nitrogen and oxygen atoms in total. The van der Waals surface area contributed by atoms with Crippen LogP contribution in [0.5, 0.6) is 0 Å². The molecule has 0 saturated heterocycles. The smallest absolute Gasteiger partial charge is 0.308 e. The summed E-state index contributed by atoms with van der Waals surface area (Å²) in [6.45, 7) is 0. The lowest BCUT2D eigenvalue weighted by Gasteiger charge is -2.39. The van der Waals surface area contributed by atoms with E-state index in [0.29, 0.717) is 0 Å². The van der Waals surface area contributed by atoms with Gasteiger partial charge < -0.3 is 5.32 Å². The van der Waals surface area contributed by atoms with Crippen molar-refractivity contribution in [2.24, 2.45) is 4.99 Å². The molecule has 0 saturated carbocycles. The number of carbonyl (C=O) groups excluding carboxylic acids is 1. The Morgan fingerprint density at radius 1 is 0.806 bits per heavy atom. The zero-order chi connectivity index (χ0) is 24.3. The van der Waals surface area contributed by atoms with Crippen molar-refractivity contribution in [3.63, 3.8) is 0 Å². The van der Waals surface area contributed by atoms with Gasteiger partial charge in [0, 0.05) is 10.0 Å². The minimum atomic E-state index is -6.84. The maximum atomic E-state index is 13.4. The lowest BCUT2D eigenvalue weighted by molar-refractivity contribution is -0.333. The first kappa shape index (κ1) is 25.2. The number of rotatable bonds is 1. The van der Waals surface area contributed by atoms with E-state index in [1.807, 2.05) is 0 Å². The summed E-state index contributed by atoms with van der Waals surface area (Å²) in [5.74, 6) is -4.83. The summed E-state index contributed by atoms with van der Waals surface area (Å²) in [6, 6.07) is 3.82. The van der Waals surface area contributed by atoms with Crippen molar-refractivity contribution >= 4 is 27.7 Å². The maximum absolute atomic E-state index is 13.4. The molecule has 1 aromatic carbocycles. The Hall–Kier alpha value is -2.04. The van der Waals surface area contributed by atoms with Gasteiger partial charge in [-0.15, -0.1) is 0 Å². The van der Waals surface area contributed by atoms with E-state index in [9.17, 15) is 57.5 Å². The van der Waals surface area contributed by atoms with E-state index in [2.05, 4.69) is 15.9 Å². The molecule has 0 aromatic heterocycles. The molecule has 1 aromatic rings. The Labute approximate surface area is 171 Å². The number of halogens is 13. The van der Waals surface area contributed by atoms with E-state index >= 15 is 0 Å². The average molecular weight is 540 g/mol. The predicted octanol–water partition coefficient (Wildman–Crippen LogP) is 4.86. The molecule has 1 aliphatic rings. The Morgan fingerprint density at radius 3 is 1.58 bits per heavy atom. The largest absolute Gasteiger partial charge is 0.436 e. The number of amidine groups is 1. The topological polar surface area (TPSA) is 53.5 Å². The van der Waals surface area contributed by atoms with Gasteiger partial charge in [0.25, 0.3) is 11.4 Å². The van der Waals surface area contributed by atoms with Crippen LogP contribution in [0.25, 0.3) is 0 Å². The van der Waals surface area contributed by atoms with Gasteiger partial charge in [-0.1, -0.05) is 15.9 Å². The van der Waals surface area contributed by atoms with Crippen molar-refractivity contribution in [1.82, 2.24) is 10.6 Å². The molecule has 0 spiro atoms. The lowest BCUT2D eigenvalue weighted by Crippen LogP contribution is -2.77. The van der Waals surface area contributed by atoms with Crippen LogP contribution in [0.3, 0.4) is 0 Å². The first-order valence-electron chi connectivity index (χ1n) is 7.43. The van der Waals surface area contributed by atoms with Gasteiger partial charge >= 0.3 is 30.4 Å². The number of nitrogens with zero attached hydrogens (tertiary/aromatic N) is 1. The van der Waals surface area contributed by atoms with Crippen LogP contribution in [-0.4, -0.2) is 47.6 Å². The molecule has 0 aliphatic carbocycles. The van der Waals surface area contributed by atoms with Crippen LogP contribution >= 0.6 is 15.9 Å². The van der Waals surface area contributed by atoms with E-state index in [1.54, 1.807) is 4.99 Å². The highest BCUT2D eigenvalue weighted by atomic mass is 79.9. The zero-order valence-corrected chi connectivity index (χ0v) is 15.7. The van der Waals surface area contributed by atoms with Crippen molar-refractivity contribution in [2.75, 3.05) is 0 Å². The third-order valence-electron chi connectivity index (χ3n) is 4.01. The van der Waals surface area contributed by atoms with E-state index < -0.39 is 58.5 Å². The minimum Gasteiger partial charge on any atom is -0.308 e. The molecule has 0 unspecified atom stereocenters. The highest BCUT2D eigenvalue weighted by Gasteiger charge is 2.86. The van der Waals surface area contributed by atoms with Crippen LogP contribution in [0, 0.1) is 0 Å². The van der Waals surface area contributed by atoms with Crippen LogP contribution in [0.2, 0.25) is 0 Å². The molecule has 2 N–H and O–H groups in total. The lowest BCUT2D eigenvalue weighted by atomic mass is 9.95. The molecule has 31 heavy (non-hydrogen) atoms. The molecule has 174 valence electrons. The number of carbonyl (C=O) groups is 1. The summed E-state index contributed by atoms with van der Waals surface area (Å²) < 4.78 is 160. The molecule has 0 fully saturated rings. The Balaban J connectivity index is 2.77. The quantitative estimate of drug-likeness (QED) is 0.501. The number of nitrogens with one attached hydrogen (secondary N) is 2. The summed E-state index contributed by atoms with van der Waals surface area (Å²) >= 11 is 2.90. The monoisotopic (exact) mass is 539 g/mol. The molecule has 1 aliphatic heterocycles. The molecule has 2 rings (SSSR count). The minimum absolute atomic E-state index is 0.289. The second-order valence-electron chi connectivity index (χ2n) is 6.00. The van der Waals surface area contributed by atoms with Gasteiger partial charge in [0.2, 0.25) is 0 Å². The van der Waals surface area contributed by atoms with Gasteiger partial charge in [0.1, 0.15) is 5.84 Å². The summed E-state index contributed by atoms with van der Waals surface area (Å²) in [4.78, 5) is 13.7. The van der Waals surface area contributed by atoms with Crippen LogP contribution in [0.1, 0.15) is 10.4 Å².